The zero-order chi connectivity index (χ0) is 14.4. The van der Waals surface area contributed by atoms with E-state index in [1.807, 2.05) is 4.90 Å². The van der Waals surface area contributed by atoms with Gasteiger partial charge < -0.3 is 14.7 Å². The topological polar surface area (TPSA) is 71.3 Å². The van der Waals surface area contributed by atoms with E-state index in [4.69, 9.17) is 4.52 Å². The monoisotopic (exact) mass is 316 g/mol. The van der Waals surface area contributed by atoms with Crippen molar-refractivity contribution >= 4 is 18.3 Å². The van der Waals surface area contributed by atoms with Gasteiger partial charge in [-0.15, -0.1) is 12.4 Å². The van der Waals surface area contributed by atoms with E-state index in [0.717, 1.165) is 44.7 Å². The molecule has 21 heavy (non-hydrogen) atoms. The number of carbonyl (C=O) groups is 1. The maximum Gasteiger partial charge on any atom is 0.226 e. The van der Waals surface area contributed by atoms with Crippen LogP contribution in [0.3, 0.4) is 0 Å². The second-order valence-corrected chi connectivity index (χ2v) is 5.40. The lowest BCUT2D eigenvalue weighted by molar-refractivity contribution is -0.132. The number of hydrogen-bond donors (Lipinski definition) is 1. The molecule has 1 fully saturated rings. The highest BCUT2D eigenvalue weighted by Gasteiger charge is 2.20. The second kappa shape index (κ2) is 9.00. The summed E-state index contributed by atoms with van der Waals surface area (Å²) in [5.41, 5.74) is 0. The van der Waals surface area contributed by atoms with Gasteiger partial charge in [-0.3, -0.25) is 4.79 Å². The molecule has 1 aliphatic heterocycles. The van der Waals surface area contributed by atoms with Gasteiger partial charge in [0, 0.05) is 44.9 Å². The summed E-state index contributed by atoms with van der Waals surface area (Å²) in [4.78, 5) is 18.3. The molecule has 1 N–H and O–H groups in total. The summed E-state index contributed by atoms with van der Waals surface area (Å²) in [7, 11) is 0. The van der Waals surface area contributed by atoms with Crippen LogP contribution in [0.2, 0.25) is 0 Å². The highest BCUT2D eigenvalue weighted by molar-refractivity contribution is 5.85. The lowest BCUT2D eigenvalue weighted by atomic mass is 10.2. The quantitative estimate of drug-likeness (QED) is 0.863. The van der Waals surface area contributed by atoms with Crippen LogP contribution in [0.5, 0.6) is 0 Å². The summed E-state index contributed by atoms with van der Waals surface area (Å²) in [6, 6.07) is 0.389. The molecule has 0 aliphatic carbocycles. The Morgan fingerprint density at radius 2 is 2.29 bits per heavy atom. The van der Waals surface area contributed by atoms with E-state index >= 15 is 0 Å². The predicted molar refractivity (Wildman–Crippen MR) is 82.5 cm³/mol. The lowest BCUT2D eigenvalue weighted by Gasteiger charge is -2.31. The van der Waals surface area contributed by atoms with E-state index in [9.17, 15) is 4.79 Å². The molecule has 6 nitrogen and oxygen atoms in total. The molecule has 1 atom stereocenters. The highest BCUT2D eigenvalue weighted by atomic mass is 35.5. The summed E-state index contributed by atoms with van der Waals surface area (Å²) in [6.45, 7) is 6.69. The first-order chi connectivity index (χ1) is 9.69. The van der Waals surface area contributed by atoms with E-state index in [-0.39, 0.29) is 18.3 Å². The van der Waals surface area contributed by atoms with Crippen molar-refractivity contribution in [1.29, 1.82) is 0 Å². The fraction of sp³-hybridized carbons (Fsp3) is 0.786. The Morgan fingerprint density at radius 1 is 1.48 bits per heavy atom. The van der Waals surface area contributed by atoms with E-state index in [1.165, 1.54) is 0 Å². The van der Waals surface area contributed by atoms with Crippen molar-refractivity contribution in [3.8, 4) is 0 Å². The van der Waals surface area contributed by atoms with Gasteiger partial charge in [-0.1, -0.05) is 12.1 Å². The fourth-order valence-electron chi connectivity index (χ4n) is 2.42. The summed E-state index contributed by atoms with van der Waals surface area (Å²) in [5.74, 6) is 1.64. The number of halogens is 1. The van der Waals surface area contributed by atoms with Crippen LogP contribution >= 0.6 is 12.4 Å². The van der Waals surface area contributed by atoms with Crippen LogP contribution in [-0.2, 0) is 17.6 Å². The van der Waals surface area contributed by atoms with Crippen molar-refractivity contribution in [1.82, 2.24) is 20.4 Å². The third kappa shape index (κ3) is 5.63. The lowest BCUT2D eigenvalue weighted by Crippen LogP contribution is -2.51. The van der Waals surface area contributed by atoms with Crippen LogP contribution in [-0.4, -0.2) is 46.6 Å². The average Bonchev–Trinajstić information content (AvgIpc) is 2.87. The van der Waals surface area contributed by atoms with Gasteiger partial charge in [0.15, 0.2) is 5.82 Å². The number of aryl methyl sites for hydroxylation is 2. The molecule has 1 unspecified atom stereocenters. The van der Waals surface area contributed by atoms with E-state index in [1.54, 1.807) is 0 Å². The molecule has 0 radical (unpaired) electrons. The largest absolute Gasteiger partial charge is 0.340 e. The van der Waals surface area contributed by atoms with Crippen LogP contribution < -0.4 is 5.32 Å². The number of amides is 1. The zero-order valence-corrected chi connectivity index (χ0v) is 13.6. The summed E-state index contributed by atoms with van der Waals surface area (Å²) >= 11 is 0. The summed E-state index contributed by atoms with van der Waals surface area (Å²) in [6.07, 6.45) is 3.87. The highest BCUT2D eigenvalue weighted by Crippen LogP contribution is 2.08. The molecular formula is C14H25ClN4O2. The molecule has 0 bridgehead atoms. The SMILES string of the molecule is CCCc1noc(CCCC(=O)N2CCNC(C)C2)n1.Cl. The molecule has 1 aliphatic rings. The molecule has 7 heteroatoms. The number of hydrogen-bond acceptors (Lipinski definition) is 5. The number of nitrogens with zero attached hydrogens (tertiary/aromatic N) is 3. The maximum absolute atomic E-state index is 12.1. The van der Waals surface area contributed by atoms with Crippen molar-refractivity contribution in [2.24, 2.45) is 0 Å². The van der Waals surface area contributed by atoms with E-state index < -0.39 is 0 Å². The molecule has 0 spiro atoms. The molecular weight excluding hydrogens is 292 g/mol. The van der Waals surface area contributed by atoms with Gasteiger partial charge in [-0.25, -0.2) is 0 Å². The van der Waals surface area contributed by atoms with Gasteiger partial charge >= 0.3 is 0 Å². The van der Waals surface area contributed by atoms with Crippen molar-refractivity contribution < 1.29 is 9.32 Å². The molecule has 1 amide bonds. The van der Waals surface area contributed by atoms with Gasteiger partial charge in [-0.05, 0) is 19.8 Å². The summed E-state index contributed by atoms with van der Waals surface area (Å²) in [5, 5.41) is 7.25. The number of piperazine rings is 1. The smallest absolute Gasteiger partial charge is 0.226 e. The standard InChI is InChI=1S/C14H24N4O2.ClH/c1-3-5-12-16-13(20-17-12)6-4-7-14(19)18-9-8-15-11(2)10-18;/h11,15H,3-10H2,1-2H3;1H. The average molecular weight is 317 g/mol. The summed E-state index contributed by atoms with van der Waals surface area (Å²) < 4.78 is 5.17. The molecule has 0 aromatic carbocycles. The van der Waals surface area contributed by atoms with Crippen LogP contribution in [0.15, 0.2) is 4.52 Å². The normalized spacial score (nSPS) is 18.4. The van der Waals surface area contributed by atoms with Gasteiger partial charge in [0.25, 0.3) is 0 Å². The van der Waals surface area contributed by atoms with Crippen molar-refractivity contribution in [3.63, 3.8) is 0 Å². The first kappa shape index (κ1) is 17.9. The fourth-order valence-corrected chi connectivity index (χ4v) is 2.42. The van der Waals surface area contributed by atoms with Gasteiger partial charge in [0.1, 0.15) is 0 Å². The first-order valence-electron chi connectivity index (χ1n) is 7.51. The molecule has 1 aromatic rings. The third-order valence-corrected chi connectivity index (χ3v) is 3.49. The Bertz CT molecular complexity index is 438. The third-order valence-electron chi connectivity index (χ3n) is 3.49. The van der Waals surface area contributed by atoms with E-state index in [0.29, 0.717) is 24.8 Å². The number of carbonyl (C=O) groups excluding carboxylic acids is 1. The van der Waals surface area contributed by atoms with Crippen molar-refractivity contribution in [2.45, 2.75) is 52.0 Å². The first-order valence-corrected chi connectivity index (χ1v) is 7.51. The molecule has 2 rings (SSSR count). The van der Waals surface area contributed by atoms with Gasteiger partial charge in [-0.2, -0.15) is 4.98 Å². The van der Waals surface area contributed by atoms with E-state index in [2.05, 4.69) is 29.3 Å². The Kier molecular flexibility index (Phi) is 7.67. The number of aromatic nitrogens is 2. The Hall–Kier alpha value is -1.14. The molecule has 120 valence electrons. The van der Waals surface area contributed by atoms with Crippen LogP contribution in [0, 0.1) is 0 Å². The molecule has 2 heterocycles. The van der Waals surface area contributed by atoms with Crippen LogP contribution in [0.25, 0.3) is 0 Å². The van der Waals surface area contributed by atoms with Crippen molar-refractivity contribution in [2.75, 3.05) is 19.6 Å². The molecule has 0 saturated carbocycles. The number of nitrogens with one attached hydrogen (secondary N) is 1. The zero-order valence-electron chi connectivity index (χ0n) is 12.8. The minimum atomic E-state index is 0. The minimum absolute atomic E-state index is 0. The van der Waals surface area contributed by atoms with Crippen molar-refractivity contribution in [3.05, 3.63) is 11.7 Å². The predicted octanol–water partition coefficient (Wildman–Crippen LogP) is 1.59. The Labute approximate surface area is 132 Å². The molecule has 1 aromatic heterocycles. The number of rotatable bonds is 6. The Balaban J connectivity index is 0.00000220. The second-order valence-electron chi connectivity index (χ2n) is 5.40. The van der Waals surface area contributed by atoms with Gasteiger partial charge in [0.05, 0.1) is 0 Å². The van der Waals surface area contributed by atoms with Crippen LogP contribution in [0.1, 0.15) is 44.8 Å². The van der Waals surface area contributed by atoms with Gasteiger partial charge in [0.2, 0.25) is 11.8 Å². The maximum atomic E-state index is 12.1. The minimum Gasteiger partial charge on any atom is -0.340 e. The Morgan fingerprint density at radius 3 is 3.00 bits per heavy atom. The molecule has 1 saturated heterocycles. The van der Waals surface area contributed by atoms with Crippen LogP contribution in [0.4, 0.5) is 0 Å².